The van der Waals surface area contributed by atoms with Crippen molar-refractivity contribution in [1.82, 2.24) is 0 Å². The maximum absolute atomic E-state index is 11.7. The lowest BCUT2D eigenvalue weighted by Crippen LogP contribution is -2.19. The molecule has 1 atom stereocenters. The third kappa shape index (κ3) is 4.01. The van der Waals surface area contributed by atoms with Gasteiger partial charge in [-0.05, 0) is 6.42 Å². The summed E-state index contributed by atoms with van der Waals surface area (Å²) >= 11 is 0. The van der Waals surface area contributed by atoms with Crippen LogP contribution in [-0.4, -0.2) is 30.7 Å². The van der Waals surface area contributed by atoms with E-state index in [0.717, 1.165) is 6.07 Å². The number of hydrogen-bond donors (Lipinski definition) is 0. The standard InChI is InChI=1S/C14H17NO6/c1-4-9(2)12(17)8-21-14-6-11(15(18)19)10(7-16)5-13(14)20-3/h5-7,9H,4,8H2,1-3H3. The smallest absolute Gasteiger partial charge is 0.283 e. The van der Waals surface area contributed by atoms with Crippen LogP contribution in [0.2, 0.25) is 0 Å². The Balaban J connectivity index is 3.05. The van der Waals surface area contributed by atoms with Crippen LogP contribution >= 0.6 is 0 Å². The van der Waals surface area contributed by atoms with Gasteiger partial charge in [-0.3, -0.25) is 19.7 Å². The second kappa shape index (κ2) is 7.37. The summed E-state index contributed by atoms with van der Waals surface area (Å²) in [5.74, 6) is -0.0343. The first-order valence-corrected chi connectivity index (χ1v) is 6.41. The number of nitro groups is 1. The molecule has 0 aromatic heterocycles. The number of nitrogens with zero attached hydrogens (tertiary/aromatic N) is 1. The highest BCUT2D eigenvalue weighted by atomic mass is 16.6. The number of methoxy groups -OCH3 is 1. The molecule has 21 heavy (non-hydrogen) atoms. The zero-order chi connectivity index (χ0) is 16.0. The Bertz CT molecular complexity index is 555. The Labute approximate surface area is 122 Å². The molecule has 0 radical (unpaired) electrons. The molecule has 1 aromatic rings. The summed E-state index contributed by atoms with van der Waals surface area (Å²) in [6.07, 6.45) is 1.05. The van der Waals surface area contributed by atoms with E-state index in [1.807, 2.05) is 6.92 Å². The van der Waals surface area contributed by atoms with Crippen molar-refractivity contribution in [2.45, 2.75) is 20.3 Å². The molecule has 0 aliphatic heterocycles. The number of benzene rings is 1. The van der Waals surface area contributed by atoms with Crippen molar-refractivity contribution in [3.63, 3.8) is 0 Å². The highest BCUT2D eigenvalue weighted by molar-refractivity contribution is 5.84. The first kappa shape index (κ1) is 16.6. The normalized spacial score (nSPS) is 11.6. The van der Waals surface area contributed by atoms with Crippen LogP contribution in [0.15, 0.2) is 12.1 Å². The van der Waals surface area contributed by atoms with Gasteiger partial charge < -0.3 is 9.47 Å². The molecule has 0 amide bonds. The first-order chi connectivity index (χ1) is 9.94. The predicted molar refractivity (Wildman–Crippen MR) is 75.0 cm³/mol. The molecule has 1 unspecified atom stereocenters. The molecule has 1 aromatic carbocycles. The van der Waals surface area contributed by atoms with Crippen LogP contribution in [-0.2, 0) is 4.79 Å². The van der Waals surface area contributed by atoms with E-state index >= 15 is 0 Å². The largest absolute Gasteiger partial charge is 0.493 e. The SMILES string of the molecule is CCC(C)C(=O)COc1cc([N+](=O)[O-])c(C=O)cc1OC. The van der Waals surface area contributed by atoms with Crippen LogP contribution in [0.5, 0.6) is 11.5 Å². The lowest BCUT2D eigenvalue weighted by Gasteiger charge is -2.12. The van der Waals surface area contributed by atoms with Crippen molar-refractivity contribution in [2.75, 3.05) is 13.7 Å². The molecule has 0 N–H and O–H groups in total. The summed E-state index contributed by atoms with van der Waals surface area (Å²) in [7, 11) is 1.35. The summed E-state index contributed by atoms with van der Waals surface area (Å²) in [5, 5.41) is 10.9. The molecule has 0 spiro atoms. The molecule has 0 fully saturated rings. The Kier molecular flexibility index (Phi) is 5.83. The van der Waals surface area contributed by atoms with E-state index in [2.05, 4.69) is 0 Å². The molecular formula is C14H17NO6. The number of carbonyl (C=O) groups excluding carboxylic acids is 2. The topological polar surface area (TPSA) is 95.7 Å². The zero-order valence-corrected chi connectivity index (χ0v) is 12.1. The van der Waals surface area contributed by atoms with Gasteiger partial charge in [0.2, 0.25) is 0 Å². The van der Waals surface area contributed by atoms with E-state index in [4.69, 9.17) is 9.47 Å². The van der Waals surface area contributed by atoms with E-state index in [1.165, 1.54) is 13.2 Å². The quantitative estimate of drug-likeness (QED) is 0.415. The Morgan fingerprint density at radius 2 is 2.10 bits per heavy atom. The Hall–Kier alpha value is -2.44. The molecule has 7 heteroatoms. The van der Waals surface area contributed by atoms with Gasteiger partial charge in [0.1, 0.15) is 6.61 Å². The average molecular weight is 295 g/mol. The third-order valence-corrected chi connectivity index (χ3v) is 3.17. The van der Waals surface area contributed by atoms with Crippen molar-refractivity contribution in [2.24, 2.45) is 5.92 Å². The third-order valence-electron chi connectivity index (χ3n) is 3.17. The van der Waals surface area contributed by atoms with Gasteiger partial charge >= 0.3 is 0 Å². The van der Waals surface area contributed by atoms with Crippen molar-refractivity contribution in [3.05, 3.63) is 27.8 Å². The molecule has 0 heterocycles. The fourth-order valence-electron chi connectivity index (χ4n) is 1.61. The summed E-state index contributed by atoms with van der Waals surface area (Å²) in [5.41, 5.74) is -0.505. The molecule has 114 valence electrons. The van der Waals surface area contributed by atoms with E-state index in [-0.39, 0.29) is 35.4 Å². The van der Waals surface area contributed by atoms with Crippen LogP contribution in [0.25, 0.3) is 0 Å². The van der Waals surface area contributed by atoms with E-state index in [1.54, 1.807) is 6.92 Å². The highest BCUT2D eigenvalue weighted by Crippen LogP contribution is 2.34. The number of ketones is 1. The zero-order valence-electron chi connectivity index (χ0n) is 12.1. The molecule has 7 nitrogen and oxygen atoms in total. The molecule has 0 saturated carbocycles. The minimum absolute atomic E-state index is 0.0615. The number of nitro benzene ring substituents is 1. The Morgan fingerprint density at radius 1 is 1.43 bits per heavy atom. The van der Waals surface area contributed by atoms with Gasteiger partial charge in [0.25, 0.3) is 5.69 Å². The minimum atomic E-state index is -0.688. The summed E-state index contributed by atoms with van der Waals surface area (Å²) < 4.78 is 10.3. The molecule has 0 bridgehead atoms. The maximum atomic E-state index is 11.7. The minimum Gasteiger partial charge on any atom is -0.493 e. The monoisotopic (exact) mass is 295 g/mol. The molecule has 1 rings (SSSR count). The van der Waals surface area contributed by atoms with Crippen molar-refractivity contribution < 1.29 is 24.0 Å². The number of Topliss-reactive ketones (excluding diaryl/α,β-unsaturated/α-hetero) is 1. The Morgan fingerprint density at radius 3 is 2.57 bits per heavy atom. The number of hydrogen-bond acceptors (Lipinski definition) is 6. The lowest BCUT2D eigenvalue weighted by molar-refractivity contribution is -0.385. The fourth-order valence-corrected chi connectivity index (χ4v) is 1.61. The van der Waals surface area contributed by atoms with Crippen LogP contribution in [0, 0.1) is 16.0 Å². The van der Waals surface area contributed by atoms with Gasteiger partial charge in [0.05, 0.1) is 23.7 Å². The summed E-state index contributed by atoms with van der Waals surface area (Å²) in [6.45, 7) is 3.46. The molecule has 0 saturated heterocycles. The summed E-state index contributed by atoms with van der Waals surface area (Å²) in [6, 6.07) is 2.31. The fraction of sp³-hybridized carbons (Fsp3) is 0.429. The van der Waals surface area contributed by atoms with Gasteiger partial charge in [0, 0.05) is 12.0 Å². The van der Waals surface area contributed by atoms with E-state index < -0.39 is 10.6 Å². The van der Waals surface area contributed by atoms with Crippen LogP contribution in [0.4, 0.5) is 5.69 Å². The van der Waals surface area contributed by atoms with Crippen LogP contribution in [0.3, 0.4) is 0 Å². The van der Waals surface area contributed by atoms with Gasteiger partial charge in [-0.25, -0.2) is 0 Å². The van der Waals surface area contributed by atoms with E-state index in [9.17, 15) is 19.7 Å². The van der Waals surface area contributed by atoms with Gasteiger partial charge in [-0.15, -0.1) is 0 Å². The number of aldehydes is 1. The second-order valence-corrected chi connectivity index (χ2v) is 4.50. The maximum Gasteiger partial charge on any atom is 0.283 e. The second-order valence-electron chi connectivity index (χ2n) is 4.50. The average Bonchev–Trinajstić information content (AvgIpc) is 2.50. The highest BCUT2D eigenvalue weighted by Gasteiger charge is 2.20. The summed E-state index contributed by atoms with van der Waals surface area (Å²) in [4.78, 5) is 32.8. The van der Waals surface area contributed by atoms with Crippen LogP contribution < -0.4 is 9.47 Å². The molecular weight excluding hydrogens is 278 g/mol. The number of carbonyl (C=O) groups is 2. The van der Waals surface area contributed by atoms with E-state index in [0.29, 0.717) is 12.7 Å². The van der Waals surface area contributed by atoms with Crippen molar-refractivity contribution in [1.29, 1.82) is 0 Å². The van der Waals surface area contributed by atoms with Gasteiger partial charge in [-0.2, -0.15) is 0 Å². The van der Waals surface area contributed by atoms with Crippen LogP contribution in [0.1, 0.15) is 30.6 Å². The number of rotatable bonds is 8. The van der Waals surface area contributed by atoms with Crippen molar-refractivity contribution >= 4 is 17.8 Å². The number of ether oxygens (including phenoxy) is 2. The van der Waals surface area contributed by atoms with Crippen molar-refractivity contribution in [3.8, 4) is 11.5 Å². The molecule has 0 aliphatic carbocycles. The molecule has 0 aliphatic rings. The van der Waals surface area contributed by atoms with Gasteiger partial charge in [0.15, 0.2) is 23.6 Å². The lowest BCUT2D eigenvalue weighted by atomic mass is 10.0. The van der Waals surface area contributed by atoms with Gasteiger partial charge in [-0.1, -0.05) is 13.8 Å². The first-order valence-electron chi connectivity index (χ1n) is 6.41. The predicted octanol–water partition coefficient (Wildman–Crippen LogP) is 2.41.